The lowest BCUT2D eigenvalue weighted by atomic mass is 10.1. The number of nitrogens with zero attached hydrogens (tertiary/aromatic N) is 1. The van der Waals surface area contributed by atoms with E-state index in [9.17, 15) is 4.79 Å². The maximum atomic E-state index is 11.1. The molecule has 0 saturated heterocycles. The lowest BCUT2D eigenvalue weighted by Gasteiger charge is -2.17. The van der Waals surface area contributed by atoms with Gasteiger partial charge in [0.2, 0.25) is 0 Å². The van der Waals surface area contributed by atoms with E-state index in [-0.39, 0.29) is 0 Å². The van der Waals surface area contributed by atoms with E-state index in [4.69, 9.17) is 16.2 Å². The Labute approximate surface area is 107 Å². The Bertz CT molecular complexity index is 444. The zero-order valence-electron chi connectivity index (χ0n) is 10.6. The van der Waals surface area contributed by atoms with Gasteiger partial charge in [-0.3, -0.25) is 4.79 Å². The van der Waals surface area contributed by atoms with Gasteiger partial charge in [0.25, 0.3) is 5.91 Å². The number of hydrogen-bond acceptors (Lipinski definition) is 4. The highest BCUT2D eigenvalue weighted by molar-refractivity contribution is 5.99. The summed E-state index contributed by atoms with van der Waals surface area (Å²) in [6.07, 6.45) is 2.55. The van der Waals surface area contributed by atoms with Crippen molar-refractivity contribution in [3.05, 3.63) is 23.8 Å². The fraction of sp³-hybridized carbons (Fsp3) is 0.462. The molecule has 1 saturated carbocycles. The topological polar surface area (TPSA) is 81.6 Å². The van der Waals surface area contributed by atoms with Crippen molar-refractivity contribution in [3.63, 3.8) is 0 Å². The van der Waals surface area contributed by atoms with Crippen LogP contribution in [0.1, 0.15) is 23.2 Å². The molecule has 0 unspecified atom stereocenters. The zero-order chi connectivity index (χ0) is 13.1. The summed E-state index contributed by atoms with van der Waals surface area (Å²) >= 11 is 0. The summed E-state index contributed by atoms with van der Waals surface area (Å²) in [6, 6.07) is 5.78. The first-order chi connectivity index (χ1) is 8.59. The normalized spacial score (nSPS) is 14.8. The van der Waals surface area contributed by atoms with Crippen molar-refractivity contribution in [1.82, 2.24) is 4.90 Å². The van der Waals surface area contributed by atoms with Crippen LogP contribution >= 0.6 is 0 Å². The molecule has 0 spiro atoms. The molecule has 4 N–H and O–H groups in total. The average molecular weight is 249 g/mol. The minimum Gasteiger partial charge on any atom is -0.490 e. The van der Waals surface area contributed by atoms with Crippen molar-refractivity contribution in [2.75, 3.05) is 25.9 Å². The van der Waals surface area contributed by atoms with Crippen LogP contribution in [-0.4, -0.2) is 37.0 Å². The standard InChI is InChI=1S/C13H19N3O2/c1-16(9-5-6-9)7-8-18-11-4-2-3-10(12(11)14)13(15)17/h2-4,9H,5-8,14H2,1H3,(H2,15,17). The van der Waals surface area contributed by atoms with Crippen molar-refractivity contribution in [2.24, 2.45) is 5.73 Å². The van der Waals surface area contributed by atoms with Gasteiger partial charge >= 0.3 is 0 Å². The van der Waals surface area contributed by atoms with E-state index >= 15 is 0 Å². The van der Waals surface area contributed by atoms with Gasteiger partial charge in [-0.2, -0.15) is 0 Å². The third kappa shape index (κ3) is 2.92. The van der Waals surface area contributed by atoms with Crippen LogP contribution in [0.15, 0.2) is 18.2 Å². The van der Waals surface area contributed by atoms with Crippen LogP contribution < -0.4 is 16.2 Å². The van der Waals surface area contributed by atoms with E-state index in [2.05, 4.69) is 11.9 Å². The van der Waals surface area contributed by atoms with Gasteiger partial charge in [0.1, 0.15) is 12.4 Å². The summed E-state index contributed by atoms with van der Waals surface area (Å²) in [6.45, 7) is 1.41. The molecule has 98 valence electrons. The number of carbonyl (C=O) groups is 1. The maximum Gasteiger partial charge on any atom is 0.250 e. The number of likely N-dealkylation sites (N-methyl/N-ethyl adjacent to an activating group) is 1. The van der Waals surface area contributed by atoms with Crippen LogP contribution in [0.3, 0.4) is 0 Å². The van der Waals surface area contributed by atoms with Gasteiger partial charge in [-0.1, -0.05) is 6.07 Å². The molecule has 1 aromatic carbocycles. The summed E-state index contributed by atoms with van der Waals surface area (Å²) in [5, 5.41) is 0. The fourth-order valence-electron chi connectivity index (χ4n) is 1.88. The Morgan fingerprint density at radius 1 is 1.50 bits per heavy atom. The second kappa shape index (κ2) is 5.27. The maximum absolute atomic E-state index is 11.1. The van der Waals surface area contributed by atoms with E-state index < -0.39 is 5.91 Å². The summed E-state index contributed by atoms with van der Waals surface area (Å²) in [5.74, 6) is -0.0106. The number of nitrogens with two attached hydrogens (primary N) is 2. The first-order valence-electron chi connectivity index (χ1n) is 6.11. The number of primary amides is 1. The SMILES string of the molecule is CN(CCOc1cccc(C(N)=O)c1N)C1CC1. The quantitative estimate of drug-likeness (QED) is 0.732. The lowest BCUT2D eigenvalue weighted by Crippen LogP contribution is -2.26. The minimum absolute atomic E-state index is 0.308. The van der Waals surface area contributed by atoms with E-state index in [0.29, 0.717) is 29.6 Å². The Morgan fingerprint density at radius 3 is 2.83 bits per heavy atom. The molecule has 1 aliphatic carbocycles. The number of hydrogen-bond donors (Lipinski definition) is 2. The summed E-state index contributed by atoms with van der Waals surface area (Å²) in [7, 11) is 2.09. The van der Waals surface area contributed by atoms with Gasteiger partial charge in [-0.15, -0.1) is 0 Å². The molecule has 18 heavy (non-hydrogen) atoms. The Kier molecular flexibility index (Phi) is 3.72. The van der Waals surface area contributed by atoms with Gasteiger partial charge in [-0.25, -0.2) is 0 Å². The van der Waals surface area contributed by atoms with Gasteiger partial charge in [0.15, 0.2) is 0 Å². The van der Waals surface area contributed by atoms with Gasteiger partial charge in [0.05, 0.1) is 11.3 Å². The van der Waals surface area contributed by atoms with E-state index in [1.165, 1.54) is 12.8 Å². The third-order valence-corrected chi connectivity index (χ3v) is 3.20. The third-order valence-electron chi connectivity index (χ3n) is 3.20. The fourth-order valence-corrected chi connectivity index (χ4v) is 1.88. The molecule has 0 heterocycles. The van der Waals surface area contributed by atoms with Crippen LogP contribution in [0.25, 0.3) is 0 Å². The first-order valence-corrected chi connectivity index (χ1v) is 6.11. The summed E-state index contributed by atoms with van der Waals surface area (Å²) < 4.78 is 5.60. The highest BCUT2D eigenvalue weighted by atomic mass is 16.5. The second-order valence-corrected chi connectivity index (χ2v) is 4.64. The number of ether oxygens (including phenoxy) is 1. The summed E-state index contributed by atoms with van der Waals surface area (Å²) in [5.41, 5.74) is 11.7. The largest absolute Gasteiger partial charge is 0.490 e. The van der Waals surface area contributed by atoms with Gasteiger partial charge in [0, 0.05) is 12.6 Å². The first kappa shape index (κ1) is 12.7. The van der Waals surface area contributed by atoms with Gasteiger partial charge in [-0.05, 0) is 32.0 Å². The van der Waals surface area contributed by atoms with Crippen molar-refractivity contribution in [1.29, 1.82) is 0 Å². The molecule has 0 aliphatic heterocycles. The highest BCUT2D eigenvalue weighted by Crippen LogP contribution is 2.26. The predicted molar refractivity (Wildman–Crippen MR) is 70.5 cm³/mol. The molecule has 5 nitrogen and oxygen atoms in total. The van der Waals surface area contributed by atoms with Crippen LogP contribution in [-0.2, 0) is 0 Å². The molecule has 0 radical (unpaired) electrons. The van der Waals surface area contributed by atoms with Crippen molar-refractivity contribution in [3.8, 4) is 5.75 Å². The molecule has 1 aromatic rings. The molecular weight excluding hydrogens is 230 g/mol. The number of anilines is 1. The number of carbonyl (C=O) groups excluding carboxylic acids is 1. The number of rotatable bonds is 6. The molecule has 0 atom stereocenters. The van der Waals surface area contributed by atoms with Crippen molar-refractivity contribution >= 4 is 11.6 Å². The molecular formula is C13H19N3O2. The highest BCUT2D eigenvalue weighted by Gasteiger charge is 2.25. The van der Waals surface area contributed by atoms with Crippen LogP contribution in [0.2, 0.25) is 0 Å². The molecule has 1 fully saturated rings. The number of benzene rings is 1. The van der Waals surface area contributed by atoms with Crippen LogP contribution in [0.5, 0.6) is 5.75 Å². The molecule has 1 aliphatic rings. The zero-order valence-corrected chi connectivity index (χ0v) is 10.6. The van der Waals surface area contributed by atoms with E-state index in [1.807, 2.05) is 0 Å². The molecule has 1 amide bonds. The number of amides is 1. The van der Waals surface area contributed by atoms with E-state index in [1.54, 1.807) is 18.2 Å². The van der Waals surface area contributed by atoms with Gasteiger partial charge < -0.3 is 21.1 Å². The molecule has 0 bridgehead atoms. The predicted octanol–water partition coefficient (Wildman–Crippen LogP) is 0.841. The Hall–Kier alpha value is -1.75. The molecule has 2 rings (SSSR count). The van der Waals surface area contributed by atoms with Crippen molar-refractivity contribution < 1.29 is 9.53 Å². The average Bonchev–Trinajstić information content (AvgIpc) is 3.14. The minimum atomic E-state index is -0.534. The smallest absolute Gasteiger partial charge is 0.250 e. The lowest BCUT2D eigenvalue weighted by molar-refractivity contribution is 0.100. The van der Waals surface area contributed by atoms with Crippen LogP contribution in [0, 0.1) is 0 Å². The monoisotopic (exact) mass is 249 g/mol. The Balaban J connectivity index is 1.92. The van der Waals surface area contributed by atoms with Crippen molar-refractivity contribution in [2.45, 2.75) is 18.9 Å². The van der Waals surface area contributed by atoms with Crippen LogP contribution in [0.4, 0.5) is 5.69 Å². The molecule has 5 heteroatoms. The second-order valence-electron chi connectivity index (χ2n) is 4.64. The number of para-hydroxylation sites is 1. The number of nitrogen functional groups attached to an aromatic ring is 1. The Morgan fingerprint density at radius 2 is 2.22 bits per heavy atom. The van der Waals surface area contributed by atoms with E-state index in [0.717, 1.165) is 6.54 Å². The summed E-state index contributed by atoms with van der Waals surface area (Å²) in [4.78, 5) is 13.4. The molecule has 0 aromatic heterocycles.